The van der Waals surface area contributed by atoms with E-state index in [1.807, 2.05) is 18.2 Å². The van der Waals surface area contributed by atoms with Crippen molar-refractivity contribution >= 4 is 11.9 Å². The van der Waals surface area contributed by atoms with Crippen LogP contribution in [0.25, 0.3) is 0 Å². The van der Waals surface area contributed by atoms with Gasteiger partial charge in [-0.05, 0) is 42.5 Å². The summed E-state index contributed by atoms with van der Waals surface area (Å²) in [6.07, 6.45) is 5.56. The van der Waals surface area contributed by atoms with Crippen LogP contribution in [0, 0.1) is 5.82 Å². The normalized spacial score (nSPS) is 10.5. The monoisotopic (exact) mass is 378 g/mol. The first kappa shape index (κ1) is 19.5. The zero-order chi connectivity index (χ0) is 19.6. The summed E-state index contributed by atoms with van der Waals surface area (Å²) in [6.45, 7) is 1.22. The van der Waals surface area contributed by atoms with Crippen molar-refractivity contribution in [2.75, 3.05) is 18.4 Å². The van der Waals surface area contributed by atoms with Gasteiger partial charge in [0.2, 0.25) is 5.95 Å². The van der Waals surface area contributed by atoms with Gasteiger partial charge < -0.3 is 10.6 Å². The zero-order valence-electron chi connectivity index (χ0n) is 15.6. The van der Waals surface area contributed by atoms with Crippen LogP contribution in [-0.2, 0) is 12.8 Å². The van der Waals surface area contributed by atoms with Gasteiger partial charge in [-0.3, -0.25) is 4.79 Å². The smallest absolute Gasteiger partial charge is 0.254 e. The van der Waals surface area contributed by atoms with Gasteiger partial charge in [0.25, 0.3) is 5.91 Å². The van der Waals surface area contributed by atoms with Crippen LogP contribution < -0.4 is 10.6 Å². The lowest BCUT2D eigenvalue weighted by Gasteiger charge is -2.07. The molecule has 28 heavy (non-hydrogen) atoms. The molecule has 0 aliphatic rings. The van der Waals surface area contributed by atoms with Crippen LogP contribution in [0.2, 0.25) is 0 Å². The molecule has 6 heteroatoms. The molecule has 0 aliphatic carbocycles. The van der Waals surface area contributed by atoms with Crippen molar-refractivity contribution in [2.45, 2.75) is 19.3 Å². The van der Waals surface area contributed by atoms with Gasteiger partial charge in [0.05, 0.1) is 5.56 Å². The Labute approximate surface area is 164 Å². The third kappa shape index (κ3) is 6.16. The lowest BCUT2D eigenvalue weighted by molar-refractivity contribution is 0.0952. The molecule has 0 saturated carbocycles. The quantitative estimate of drug-likeness (QED) is 0.558. The Bertz CT molecular complexity index is 867. The lowest BCUT2D eigenvalue weighted by Crippen LogP contribution is -2.25. The minimum absolute atomic E-state index is 0.175. The molecule has 2 aromatic carbocycles. The minimum atomic E-state index is -0.242. The van der Waals surface area contributed by atoms with Gasteiger partial charge in [0.1, 0.15) is 5.82 Å². The highest BCUT2D eigenvalue weighted by Gasteiger charge is 2.06. The number of nitrogens with zero attached hydrogens (tertiary/aromatic N) is 2. The van der Waals surface area contributed by atoms with Gasteiger partial charge >= 0.3 is 0 Å². The molecule has 1 amide bonds. The molecule has 144 valence electrons. The molecule has 0 fully saturated rings. The molecule has 0 spiro atoms. The molecule has 0 bridgehead atoms. The van der Waals surface area contributed by atoms with Crippen LogP contribution in [0.5, 0.6) is 0 Å². The molecule has 5 nitrogen and oxygen atoms in total. The maximum absolute atomic E-state index is 12.9. The summed E-state index contributed by atoms with van der Waals surface area (Å²) in [5.41, 5.74) is 2.72. The third-order valence-electron chi connectivity index (χ3n) is 4.29. The fourth-order valence-corrected chi connectivity index (χ4v) is 2.75. The van der Waals surface area contributed by atoms with Crippen molar-refractivity contribution in [3.63, 3.8) is 0 Å². The number of anilines is 1. The van der Waals surface area contributed by atoms with Gasteiger partial charge in [-0.1, -0.05) is 42.5 Å². The predicted molar refractivity (Wildman–Crippen MR) is 108 cm³/mol. The number of nitrogens with one attached hydrogen (secondary N) is 2. The topological polar surface area (TPSA) is 66.9 Å². The highest BCUT2D eigenvalue weighted by Crippen LogP contribution is 2.05. The first-order valence-corrected chi connectivity index (χ1v) is 9.33. The average molecular weight is 378 g/mol. The van der Waals surface area contributed by atoms with E-state index in [4.69, 9.17) is 0 Å². The molecule has 0 atom stereocenters. The first-order valence-electron chi connectivity index (χ1n) is 9.33. The SMILES string of the molecule is O=C(NCCCc1ccccc1)c1cnc(NCCc2ccc(F)cc2)nc1. The molecule has 3 rings (SSSR count). The van der Waals surface area contributed by atoms with Crippen molar-refractivity contribution in [1.82, 2.24) is 15.3 Å². The largest absolute Gasteiger partial charge is 0.354 e. The Hall–Kier alpha value is -3.28. The molecule has 0 aliphatic heterocycles. The van der Waals surface area contributed by atoms with Crippen LogP contribution in [0.4, 0.5) is 10.3 Å². The minimum Gasteiger partial charge on any atom is -0.354 e. The number of hydrogen-bond acceptors (Lipinski definition) is 4. The Balaban J connectivity index is 1.38. The highest BCUT2D eigenvalue weighted by atomic mass is 19.1. The van der Waals surface area contributed by atoms with Crippen molar-refractivity contribution in [1.29, 1.82) is 0 Å². The standard InChI is InChI=1S/C22H23FN4O/c23-20-10-8-18(9-11-20)12-14-25-22-26-15-19(16-27-22)21(28)24-13-4-7-17-5-2-1-3-6-17/h1-3,5-6,8-11,15-16H,4,7,12-14H2,(H,24,28)(H,25,26,27). The van der Waals surface area contributed by atoms with Crippen molar-refractivity contribution in [3.05, 3.63) is 89.5 Å². The fourth-order valence-electron chi connectivity index (χ4n) is 2.75. The average Bonchev–Trinajstić information content (AvgIpc) is 2.74. The summed E-state index contributed by atoms with van der Waals surface area (Å²) < 4.78 is 12.9. The molecule has 1 heterocycles. The maximum atomic E-state index is 12.9. The van der Waals surface area contributed by atoms with E-state index in [2.05, 4.69) is 32.7 Å². The van der Waals surface area contributed by atoms with E-state index in [-0.39, 0.29) is 11.7 Å². The second-order valence-corrected chi connectivity index (χ2v) is 6.44. The predicted octanol–water partition coefficient (Wildman–Crippen LogP) is 3.63. The summed E-state index contributed by atoms with van der Waals surface area (Å²) in [4.78, 5) is 20.5. The second-order valence-electron chi connectivity index (χ2n) is 6.44. The summed E-state index contributed by atoms with van der Waals surface area (Å²) in [7, 11) is 0. The van der Waals surface area contributed by atoms with Crippen LogP contribution in [0.1, 0.15) is 27.9 Å². The van der Waals surface area contributed by atoms with Crippen LogP contribution in [0.15, 0.2) is 67.0 Å². The van der Waals surface area contributed by atoms with Crippen LogP contribution in [-0.4, -0.2) is 29.0 Å². The Kier molecular flexibility index (Phi) is 7.07. The molecule has 0 saturated heterocycles. The van der Waals surface area contributed by atoms with E-state index in [0.29, 0.717) is 24.6 Å². The fraction of sp³-hybridized carbons (Fsp3) is 0.227. The second kappa shape index (κ2) is 10.2. The van der Waals surface area contributed by atoms with Gasteiger partial charge in [-0.25, -0.2) is 14.4 Å². The maximum Gasteiger partial charge on any atom is 0.254 e. The molecular weight excluding hydrogens is 355 g/mol. The van der Waals surface area contributed by atoms with Gasteiger partial charge in [-0.15, -0.1) is 0 Å². The molecule has 0 radical (unpaired) electrons. The summed E-state index contributed by atoms with van der Waals surface area (Å²) in [5, 5.41) is 5.98. The van der Waals surface area contributed by atoms with Crippen LogP contribution >= 0.6 is 0 Å². The molecule has 0 unspecified atom stereocenters. The van der Waals surface area contributed by atoms with E-state index in [0.717, 1.165) is 24.8 Å². The van der Waals surface area contributed by atoms with Gasteiger partial charge in [0.15, 0.2) is 0 Å². The summed E-state index contributed by atoms with van der Waals surface area (Å²) >= 11 is 0. The number of benzene rings is 2. The Morgan fingerprint density at radius 3 is 2.25 bits per heavy atom. The zero-order valence-corrected chi connectivity index (χ0v) is 15.6. The number of rotatable bonds is 9. The Morgan fingerprint density at radius 1 is 0.857 bits per heavy atom. The van der Waals surface area contributed by atoms with Crippen LogP contribution in [0.3, 0.4) is 0 Å². The van der Waals surface area contributed by atoms with Gasteiger partial charge in [-0.2, -0.15) is 0 Å². The van der Waals surface area contributed by atoms with Gasteiger partial charge in [0, 0.05) is 25.5 Å². The lowest BCUT2D eigenvalue weighted by atomic mass is 10.1. The summed E-state index contributed by atoms with van der Waals surface area (Å²) in [5.74, 6) is 0.0441. The number of amides is 1. The molecule has 3 aromatic rings. The molecular formula is C22H23FN4O. The number of aromatic nitrogens is 2. The number of carbonyl (C=O) groups is 1. The number of halogens is 1. The third-order valence-corrected chi connectivity index (χ3v) is 4.29. The van der Waals surface area contributed by atoms with Crippen molar-refractivity contribution in [2.24, 2.45) is 0 Å². The summed E-state index contributed by atoms with van der Waals surface area (Å²) in [6, 6.07) is 16.6. The molecule has 2 N–H and O–H groups in total. The molecule has 1 aromatic heterocycles. The van der Waals surface area contributed by atoms with E-state index >= 15 is 0 Å². The van der Waals surface area contributed by atoms with E-state index in [1.54, 1.807) is 12.1 Å². The first-order chi connectivity index (χ1) is 13.7. The van der Waals surface area contributed by atoms with E-state index in [9.17, 15) is 9.18 Å². The number of aryl methyl sites for hydroxylation is 1. The highest BCUT2D eigenvalue weighted by molar-refractivity contribution is 5.93. The Morgan fingerprint density at radius 2 is 1.54 bits per heavy atom. The number of carbonyl (C=O) groups excluding carboxylic acids is 1. The van der Waals surface area contributed by atoms with E-state index < -0.39 is 0 Å². The van der Waals surface area contributed by atoms with Crippen molar-refractivity contribution < 1.29 is 9.18 Å². The van der Waals surface area contributed by atoms with E-state index in [1.165, 1.54) is 30.1 Å². The number of hydrogen-bond donors (Lipinski definition) is 2. The van der Waals surface area contributed by atoms with Crippen molar-refractivity contribution in [3.8, 4) is 0 Å².